The first-order valence-corrected chi connectivity index (χ1v) is 8.39. The van der Waals surface area contributed by atoms with Crippen LogP contribution in [0.3, 0.4) is 0 Å². The van der Waals surface area contributed by atoms with Gasteiger partial charge in [0.15, 0.2) is 0 Å². The Hall–Kier alpha value is -1.04. The first-order valence-electron chi connectivity index (χ1n) is 6.53. The second-order valence-corrected chi connectivity index (χ2v) is 6.71. The third-order valence-electron chi connectivity index (χ3n) is 3.19. The lowest BCUT2D eigenvalue weighted by Gasteiger charge is -2.14. The molecule has 20 heavy (non-hydrogen) atoms. The van der Waals surface area contributed by atoms with Gasteiger partial charge >= 0.3 is 0 Å². The molecule has 1 aromatic heterocycles. The average molecular weight is 308 g/mol. The van der Waals surface area contributed by atoms with Crippen molar-refractivity contribution in [1.29, 1.82) is 0 Å². The van der Waals surface area contributed by atoms with Crippen LogP contribution in [-0.4, -0.2) is 19.1 Å². The molecular formula is C15H20N2OS2. The van der Waals surface area contributed by atoms with Gasteiger partial charge in [-0.25, -0.2) is 4.98 Å². The Morgan fingerprint density at radius 3 is 2.85 bits per heavy atom. The zero-order chi connectivity index (χ0) is 14.5. The predicted molar refractivity (Wildman–Crippen MR) is 86.9 cm³/mol. The van der Waals surface area contributed by atoms with E-state index in [-0.39, 0.29) is 0 Å². The largest absolute Gasteiger partial charge is 0.496 e. The summed E-state index contributed by atoms with van der Waals surface area (Å²) < 4.78 is 6.56. The van der Waals surface area contributed by atoms with Crippen molar-refractivity contribution in [3.8, 4) is 5.75 Å². The van der Waals surface area contributed by atoms with E-state index in [1.54, 1.807) is 30.2 Å². The van der Waals surface area contributed by atoms with Gasteiger partial charge in [0.25, 0.3) is 0 Å². The highest BCUT2D eigenvalue weighted by molar-refractivity contribution is 8.00. The molecule has 5 heteroatoms. The molecule has 1 aromatic carbocycles. The van der Waals surface area contributed by atoms with Crippen LogP contribution in [0.5, 0.6) is 5.75 Å². The summed E-state index contributed by atoms with van der Waals surface area (Å²) in [5.74, 6) is 1.82. The summed E-state index contributed by atoms with van der Waals surface area (Å²) in [5.41, 5.74) is 3.58. The van der Waals surface area contributed by atoms with Gasteiger partial charge in [-0.3, -0.25) is 0 Å². The molecule has 3 nitrogen and oxygen atoms in total. The first-order chi connectivity index (χ1) is 9.63. The minimum Gasteiger partial charge on any atom is -0.496 e. The van der Waals surface area contributed by atoms with E-state index in [0.29, 0.717) is 6.04 Å². The second kappa shape index (κ2) is 7.11. The number of rotatable bonds is 6. The fourth-order valence-corrected chi connectivity index (χ4v) is 3.71. The van der Waals surface area contributed by atoms with Crippen molar-refractivity contribution >= 4 is 23.1 Å². The summed E-state index contributed by atoms with van der Waals surface area (Å²) >= 11 is 3.45. The number of methoxy groups -OCH3 is 1. The van der Waals surface area contributed by atoms with E-state index in [0.717, 1.165) is 21.5 Å². The van der Waals surface area contributed by atoms with Crippen molar-refractivity contribution in [1.82, 2.24) is 10.3 Å². The molecule has 0 aliphatic carbocycles. The molecule has 0 spiro atoms. The van der Waals surface area contributed by atoms with Gasteiger partial charge in [-0.05, 0) is 38.6 Å². The van der Waals surface area contributed by atoms with Gasteiger partial charge in [-0.2, -0.15) is 0 Å². The number of ether oxygens (including phenoxy) is 1. The highest BCUT2D eigenvalue weighted by Gasteiger charge is 2.10. The number of hydrogen-bond acceptors (Lipinski definition) is 5. The Bertz CT molecular complexity index is 569. The highest BCUT2D eigenvalue weighted by Crippen LogP contribution is 2.31. The molecule has 1 N–H and O–H groups in total. The molecule has 0 saturated carbocycles. The van der Waals surface area contributed by atoms with E-state index in [2.05, 4.69) is 34.7 Å². The van der Waals surface area contributed by atoms with Gasteiger partial charge in [0.2, 0.25) is 0 Å². The van der Waals surface area contributed by atoms with Crippen LogP contribution in [0.2, 0.25) is 0 Å². The predicted octanol–water partition coefficient (Wildman–Crippen LogP) is 4.03. The molecule has 1 atom stereocenters. The highest BCUT2D eigenvalue weighted by atomic mass is 32.2. The van der Waals surface area contributed by atoms with Gasteiger partial charge in [-0.1, -0.05) is 17.8 Å². The molecule has 0 aliphatic rings. The third-order valence-corrected chi connectivity index (χ3v) is 5.37. The molecule has 0 radical (unpaired) electrons. The maximum absolute atomic E-state index is 5.46. The number of aromatic nitrogens is 1. The zero-order valence-electron chi connectivity index (χ0n) is 12.3. The van der Waals surface area contributed by atoms with Crippen molar-refractivity contribution in [2.45, 2.75) is 30.0 Å². The van der Waals surface area contributed by atoms with Crippen LogP contribution in [0.25, 0.3) is 0 Å². The van der Waals surface area contributed by atoms with Gasteiger partial charge in [0, 0.05) is 28.4 Å². The quantitative estimate of drug-likeness (QED) is 0.817. The Morgan fingerprint density at radius 2 is 2.25 bits per heavy atom. The number of nitrogens with one attached hydrogen (secondary N) is 1. The summed E-state index contributed by atoms with van der Waals surface area (Å²) in [5, 5.41) is 5.35. The molecule has 1 unspecified atom stereocenters. The van der Waals surface area contributed by atoms with E-state index >= 15 is 0 Å². The number of aryl methyl sites for hydroxylation is 1. The minimum atomic E-state index is 0.340. The van der Waals surface area contributed by atoms with E-state index in [4.69, 9.17) is 4.74 Å². The van der Waals surface area contributed by atoms with Crippen molar-refractivity contribution in [3.05, 3.63) is 40.4 Å². The number of hydrogen-bond donors (Lipinski definition) is 1. The number of benzene rings is 1. The van der Waals surface area contributed by atoms with Crippen LogP contribution in [0.4, 0.5) is 0 Å². The Kier molecular flexibility index (Phi) is 5.46. The van der Waals surface area contributed by atoms with Crippen LogP contribution in [0, 0.1) is 6.92 Å². The van der Waals surface area contributed by atoms with E-state index in [9.17, 15) is 0 Å². The van der Waals surface area contributed by atoms with Crippen LogP contribution in [-0.2, 0) is 5.75 Å². The topological polar surface area (TPSA) is 34.1 Å². The Balaban J connectivity index is 2.15. The molecule has 0 fully saturated rings. The fraction of sp³-hybridized carbons (Fsp3) is 0.400. The van der Waals surface area contributed by atoms with Gasteiger partial charge < -0.3 is 10.1 Å². The van der Waals surface area contributed by atoms with Crippen molar-refractivity contribution in [2.75, 3.05) is 14.2 Å². The molecule has 0 aliphatic heterocycles. The van der Waals surface area contributed by atoms with E-state index in [1.807, 2.05) is 20.0 Å². The van der Waals surface area contributed by atoms with E-state index < -0.39 is 0 Å². The molecule has 0 amide bonds. The maximum Gasteiger partial charge on any atom is 0.150 e. The van der Waals surface area contributed by atoms with Crippen LogP contribution in [0.1, 0.15) is 29.8 Å². The summed E-state index contributed by atoms with van der Waals surface area (Å²) in [7, 11) is 3.69. The molecular weight excluding hydrogens is 288 g/mol. The molecule has 1 heterocycles. The lowest BCUT2D eigenvalue weighted by molar-refractivity contribution is 0.411. The summed E-state index contributed by atoms with van der Waals surface area (Å²) in [4.78, 5) is 4.48. The van der Waals surface area contributed by atoms with Crippen LogP contribution >= 0.6 is 23.1 Å². The third kappa shape index (κ3) is 3.75. The summed E-state index contributed by atoms with van der Waals surface area (Å²) in [6.07, 6.45) is 0. The summed E-state index contributed by atoms with van der Waals surface area (Å²) in [6, 6.07) is 6.72. The fourth-order valence-electron chi connectivity index (χ4n) is 1.89. The number of nitrogens with zero attached hydrogens (tertiary/aromatic N) is 1. The monoisotopic (exact) mass is 308 g/mol. The van der Waals surface area contributed by atoms with Crippen molar-refractivity contribution in [2.24, 2.45) is 0 Å². The van der Waals surface area contributed by atoms with Crippen molar-refractivity contribution < 1.29 is 4.74 Å². The van der Waals surface area contributed by atoms with Gasteiger partial charge in [0.1, 0.15) is 10.1 Å². The Labute approximate surface area is 128 Å². The Morgan fingerprint density at radius 1 is 1.45 bits per heavy atom. The number of thiazole rings is 1. The first kappa shape index (κ1) is 15.4. The molecule has 108 valence electrons. The van der Waals surface area contributed by atoms with Crippen LogP contribution in [0.15, 0.2) is 27.9 Å². The SMILES string of the molecule is CNC(C)c1ccc(OC)c(CSc2nc(C)cs2)c1. The standard InChI is InChI=1S/C15H20N2OS2/c1-10-8-19-15(17-10)20-9-13-7-12(11(2)16-3)5-6-14(13)18-4/h5-8,11,16H,9H2,1-4H3. The van der Waals surface area contributed by atoms with Crippen molar-refractivity contribution in [3.63, 3.8) is 0 Å². The van der Waals surface area contributed by atoms with Gasteiger partial charge in [-0.15, -0.1) is 11.3 Å². The molecule has 0 bridgehead atoms. The molecule has 0 saturated heterocycles. The normalized spacial score (nSPS) is 12.4. The smallest absolute Gasteiger partial charge is 0.150 e. The summed E-state index contributed by atoms with van der Waals surface area (Å²) in [6.45, 7) is 4.18. The number of thioether (sulfide) groups is 1. The molecule has 2 rings (SSSR count). The zero-order valence-corrected chi connectivity index (χ0v) is 13.9. The van der Waals surface area contributed by atoms with E-state index in [1.165, 1.54) is 11.1 Å². The van der Waals surface area contributed by atoms with Gasteiger partial charge in [0.05, 0.1) is 7.11 Å². The minimum absolute atomic E-state index is 0.340. The maximum atomic E-state index is 5.46. The molecule has 2 aromatic rings. The lowest BCUT2D eigenvalue weighted by Crippen LogP contribution is -2.12. The lowest BCUT2D eigenvalue weighted by atomic mass is 10.1. The van der Waals surface area contributed by atoms with Crippen LogP contribution < -0.4 is 10.1 Å². The second-order valence-electron chi connectivity index (χ2n) is 4.63. The average Bonchev–Trinajstić information content (AvgIpc) is 2.89.